The van der Waals surface area contributed by atoms with Crippen molar-refractivity contribution in [1.29, 1.82) is 0 Å². The van der Waals surface area contributed by atoms with Crippen molar-refractivity contribution in [3.63, 3.8) is 0 Å². The molecule has 0 fully saturated rings. The van der Waals surface area contributed by atoms with Crippen LogP contribution >= 0.6 is 0 Å². The molecule has 0 aromatic carbocycles. The Kier molecular flexibility index (Phi) is 10.2. The van der Waals surface area contributed by atoms with Gasteiger partial charge in [0, 0.05) is 20.8 Å². The molecule has 2 atom stereocenters. The second-order valence-corrected chi connectivity index (χ2v) is 2.87. The SMILES string of the molecule is CCOCCOC(COC(C)OC)OC. The van der Waals surface area contributed by atoms with E-state index < -0.39 is 0 Å². The van der Waals surface area contributed by atoms with Gasteiger partial charge in [0.1, 0.15) is 6.61 Å². The number of hydrogen-bond donors (Lipinski definition) is 0. The maximum Gasteiger partial charge on any atom is 0.180 e. The van der Waals surface area contributed by atoms with Crippen molar-refractivity contribution < 1.29 is 23.7 Å². The lowest BCUT2D eigenvalue weighted by Crippen LogP contribution is -2.26. The van der Waals surface area contributed by atoms with E-state index in [1.54, 1.807) is 14.2 Å². The van der Waals surface area contributed by atoms with Crippen molar-refractivity contribution in [1.82, 2.24) is 0 Å². The molecule has 0 aliphatic rings. The molecule has 92 valence electrons. The van der Waals surface area contributed by atoms with Crippen LogP contribution in [0.4, 0.5) is 0 Å². The van der Waals surface area contributed by atoms with Crippen LogP contribution in [0.2, 0.25) is 0 Å². The number of rotatable bonds is 10. The maximum absolute atomic E-state index is 5.36. The normalized spacial score (nSPS) is 15.2. The van der Waals surface area contributed by atoms with Gasteiger partial charge < -0.3 is 23.7 Å². The van der Waals surface area contributed by atoms with Gasteiger partial charge in [0.25, 0.3) is 0 Å². The molecule has 5 nitrogen and oxygen atoms in total. The quantitative estimate of drug-likeness (QED) is 0.408. The summed E-state index contributed by atoms with van der Waals surface area (Å²) >= 11 is 0. The summed E-state index contributed by atoms with van der Waals surface area (Å²) in [4.78, 5) is 0. The molecule has 0 saturated heterocycles. The van der Waals surface area contributed by atoms with Crippen LogP contribution in [0.1, 0.15) is 13.8 Å². The van der Waals surface area contributed by atoms with Crippen molar-refractivity contribution in [2.24, 2.45) is 0 Å². The van der Waals surface area contributed by atoms with E-state index in [1.807, 2.05) is 13.8 Å². The van der Waals surface area contributed by atoms with Gasteiger partial charge in [-0.3, -0.25) is 0 Å². The lowest BCUT2D eigenvalue weighted by molar-refractivity contribution is -0.202. The minimum atomic E-state index is -0.372. The minimum Gasteiger partial charge on any atom is -0.379 e. The molecule has 0 spiro atoms. The van der Waals surface area contributed by atoms with E-state index in [0.29, 0.717) is 26.4 Å². The lowest BCUT2D eigenvalue weighted by Gasteiger charge is -2.18. The third-order valence-corrected chi connectivity index (χ3v) is 1.80. The van der Waals surface area contributed by atoms with Gasteiger partial charge in [-0.25, -0.2) is 0 Å². The van der Waals surface area contributed by atoms with Crippen LogP contribution in [0.3, 0.4) is 0 Å². The first-order chi connectivity index (χ1) is 7.24. The molecule has 2 unspecified atom stereocenters. The van der Waals surface area contributed by atoms with Gasteiger partial charge in [0.15, 0.2) is 12.6 Å². The highest BCUT2D eigenvalue weighted by molar-refractivity contribution is 4.42. The Hall–Kier alpha value is -0.200. The molecule has 0 aromatic rings. The van der Waals surface area contributed by atoms with Crippen molar-refractivity contribution in [3.05, 3.63) is 0 Å². The number of methoxy groups -OCH3 is 2. The molecule has 0 bridgehead atoms. The molecular formula is C10H22O5. The summed E-state index contributed by atoms with van der Waals surface area (Å²) in [5.74, 6) is 0. The average molecular weight is 222 g/mol. The first-order valence-corrected chi connectivity index (χ1v) is 5.11. The predicted molar refractivity (Wildman–Crippen MR) is 55.7 cm³/mol. The monoisotopic (exact) mass is 222 g/mol. The van der Waals surface area contributed by atoms with Gasteiger partial charge >= 0.3 is 0 Å². The van der Waals surface area contributed by atoms with Crippen LogP contribution in [-0.2, 0) is 23.7 Å². The number of hydrogen-bond acceptors (Lipinski definition) is 5. The standard InChI is InChI=1S/C10H22O5/c1-5-13-6-7-14-10(12-4)8-15-9(2)11-3/h9-10H,5-8H2,1-4H3. The van der Waals surface area contributed by atoms with Gasteiger partial charge in [-0.15, -0.1) is 0 Å². The Morgan fingerprint density at radius 2 is 1.73 bits per heavy atom. The summed E-state index contributed by atoms with van der Waals surface area (Å²) in [6.07, 6.45) is -0.624. The molecule has 0 saturated carbocycles. The number of ether oxygens (including phenoxy) is 5. The fraction of sp³-hybridized carbons (Fsp3) is 1.00. The second-order valence-electron chi connectivity index (χ2n) is 2.87. The van der Waals surface area contributed by atoms with Gasteiger partial charge in [-0.2, -0.15) is 0 Å². The minimum absolute atomic E-state index is 0.252. The molecule has 0 amide bonds. The van der Waals surface area contributed by atoms with Gasteiger partial charge in [0.2, 0.25) is 0 Å². The first-order valence-electron chi connectivity index (χ1n) is 5.11. The third kappa shape index (κ3) is 8.77. The van der Waals surface area contributed by atoms with Crippen LogP contribution in [0.15, 0.2) is 0 Å². The van der Waals surface area contributed by atoms with Crippen molar-refractivity contribution in [2.45, 2.75) is 26.4 Å². The fourth-order valence-electron chi connectivity index (χ4n) is 0.849. The summed E-state index contributed by atoms with van der Waals surface area (Å²) in [5.41, 5.74) is 0. The van der Waals surface area contributed by atoms with E-state index in [2.05, 4.69) is 0 Å². The van der Waals surface area contributed by atoms with Gasteiger partial charge in [-0.1, -0.05) is 0 Å². The Morgan fingerprint density at radius 1 is 1.00 bits per heavy atom. The molecule has 5 heteroatoms. The molecule has 0 N–H and O–H groups in total. The Labute approximate surface area is 91.6 Å². The molecule has 15 heavy (non-hydrogen) atoms. The van der Waals surface area contributed by atoms with E-state index in [1.165, 1.54) is 0 Å². The molecule has 0 radical (unpaired) electrons. The van der Waals surface area contributed by atoms with E-state index in [9.17, 15) is 0 Å². The zero-order chi connectivity index (χ0) is 11.5. The predicted octanol–water partition coefficient (Wildman–Crippen LogP) is 1.02. The highest BCUT2D eigenvalue weighted by atomic mass is 16.7. The van der Waals surface area contributed by atoms with Gasteiger partial charge in [-0.05, 0) is 13.8 Å². The van der Waals surface area contributed by atoms with Crippen molar-refractivity contribution in [3.8, 4) is 0 Å². The highest BCUT2D eigenvalue weighted by Gasteiger charge is 2.09. The van der Waals surface area contributed by atoms with Crippen LogP contribution in [0, 0.1) is 0 Å². The van der Waals surface area contributed by atoms with E-state index in [4.69, 9.17) is 23.7 Å². The molecular weight excluding hydrogens is 200 g/mol. The third-order valence-electron chi connectivity index (χ3n) is 1.80. The highest BCUT2D eigenvalue weighted by Crippen LogP contribution is 1.98. The Bertz CT molecular complexity index is 131. The maximum atomic E-state index is 5.36. The van der Waals surface area contributed by atoms with Gasteiger partial charge in [0.05, 0.1) is 13.2 Å². The summed E-state index contributed by atoms with van der Waals surface area (Å²) in [6.45, 7) is 5.85. The van der Waals surface area contributed by atoms with Crippen LogP contribution < -0.4 is 0 Å². The molecule has 0 heterocycles. The molecule has 0 aromatic heterocycles. The summed E-state index contributed by atoms with van der Waals surface area (Å²) in [7, 11) is 3.16. The van der Waals surface area contributed by atoms with Crippen molar-refractivity contribution in [2.75, 3.05) is 40.6 Å². The molecule has 0 rings (SSSR count). The topological polar surface area (TPSA) is 46.2 Å². The van der Waals surface area contributed by atoms with Crippen molar-refractivity contribution >= 4 is 0 Å². The van der Waals surface area contributed by atoms with Crippen LogP contribution in [0.5, 0.6) is 0 Å². The average Bonchev–Trinajstić information content (AvgIpc) is 2.27. The fourth-order valence-corrected chi connectivity index (χ4v) is 0.849. The van der Waals surface area contributed by atoms with E-state index >= 15 is 0 Å². The largest absolute Gasteiger partial charge is 0.379 e. The summed E-state index contributed by atoms with van der Waals surface area (Å²) < 4.78 is 25.8. The van der Waals surface area contributed by atoms with Crippen LogP contribution in [-0.4, -0.2) is 53.2 Å². The zero-order valence-electron chi connectivity index (χ0n) is 10.0. The zero-order valence-corrected chi connectivity index (χ0v) is 10.0. The Balaban J connectivity index is 3.46. The summed E-state index contributed by atoms with van der Waals surface area (Å²) in [5, 5.41) is 0. The smallest absolute Gasteiger partial charge is 0.180 e. The van der Waals surface area contributed by atoms with E-state index in [-0.39, 0.29) is 12.6 Å². The second kappa shape index (κ2) is 10.3. The summed E-state index contributed by atoms with van der Waals surface area (Å²) in [6, 6.07) is 0. The first kappa shape index (κ1) is 14.8. The van der Waals surface area contributed by atoms with E-state index in [0.717, 1.165) is 0 Å². The lowest BCUT2D eigenvalue weighted by atomic mass is 10.6. The molecule has 0 aliphatic carbocycles. The molecule has 0 aliphatic heterocycles. The Morgan fingerprint density at radius 3 is 2.27 bits per heavy atom. The van der Waals surface area contributed by atoms with Crippen LogP contribution in [0.25, 0.3) is 0 Å².